The van der Waals surface area contributed by atoms with E-state index in [-0.39, 0.29) is 18.7 Å². The number of carbonyl (C=O) groups excluding carboxylic acids is 1. The van der Waals surface area contributed by atoms with Crippen LogP contribution in [-0.2, 0) is 16.4 Å². The van der Waals surface area contributed by atoms with Gasteiger partial charge in [0.15, 0.2) is 0 Å². The summed E-state index contributed by atoms with van der Waals surface area (Å²) in [5.74, 6) is -1.35. The zero-order valence-corrected chi connectivity index (χ0v) is 21.0. The van der Waals surface area contributed by atoms with Gasteiger partial charge in [-0.2, -0.15) is 4.31 Å². The fourth-order valence-corrected chi connectivity index (χ4v) is 5.87. The van der Waals surface area contributed by atoms with E-state index in [1.54, 1.807) is 6.07 Å². The molecule has 3 aromatic rings. The third-order valence-electron chi connectivity index (χ3n) is 6.40. The lowest BCUT2D eigenvalue weighted by molar-refractivity contribution is 0.102. The highest BCUT2D eigenvalue weighted by atomic mass is 32.2. The number of amides is 1. The van der Waals surface area contributed by atoms with Crippen LogP contribution in [-0.4, -0.2) is 44.8 Å². The molecule has 0 unspecified atom stereocenters. The number of halogens is 1. The normalized spacial score (nSPS) is 14.7. The van der Waals surface area contributed by atoms with E-state index in [4.69, 9.17) is 0 Å². The molecule has 0 radical (unpaired) electrons. The van der Waals surface area contributed by atoms with Gasteiger partial charge in [0.1, 0.15) is 10.7 Å². The Balaban J connectivity index is 1.53. The summed E-state index contributed by atoms with van der Waals surface area (Å²) in [7, 11) is -4.11. The number of piperazine rings is 1. The monoisotopic (exact) mass is 495 g/mol. The van der Waals surface area contributed by atoms with Crippen molar-refractivity contribution in [3.63, 3.8) is 0 Å². The van der Waals surface area contributed by atoms with Gasteiger partial charge < -0.3 is 10.2 Å². The fourth-order valence-electron chi connectivity index (χ4n) is 4.36. The molecule has 0 bridgehead atoms. The van der Waals surface area contributed by atoms with E-state index in [1.165, 1.54) is 10.4 Å². The van der Waals surface area contributed by atoms with Crippen LogP contribution < -0.4 is 10.2 Å². The summed E-state index contributed by atoms with van der Waals surface area (Å²) in [6.07, 6.45) is 0.730. The van der Waals surface area contributed by atoms with E-state index >= 15 is 0 Å². The van der Waals surface area contributed by atoms with Crippen molar-refractivity contribution in [2.24, 2.45) is 0 Å². The standard InChI is InChI=1S/C27H30FN3O3S/c1-4-21-7-5-6-8-24(21)29-27(32)22-11-12-23(28)26(18-22)35(33,34)31-15-13-30(14-16-31)25-17-19(2)9-10-20(25)3/h5-12,17-18H,4,13-16H2,1-3H3,(H,29,32). The van der Waals surface area contributed by atoms with Gasteiger partial charge in [0, 0.05) is 43.1 Å². The lowest BCUT2D eigenvalue weighted by Crippen LogP contribution is -2.49. The molecule has 0 saturated carbocycles. The SMILES string of the molecule is CCc1ccccc1NC(=O)c1ccc(F)c(S(=O)(=O)N2CCN(c3cc(C)ccc3C)CC2)c1. The smallest absolute Gasteiger partial charge is 0.255 e. The molecule has 6 nitrogen and oxygen atoms in total. The summed E-state index contributed by atoms with van der Waals surface area (Å²) < 4.78 is 42.7. The Hall–Kier alpha value is -3.23. The second kappa shape index (κ2) is 10.2. The van der Waals surface area contributed by atoms with E-state index in [2.05, 4.69) is 22.3 Å². The molecule has 8 heteroatoms. The van der Waals surface area contributed by atoms with Crippen molar-refractivity contribution in [1.29, 1.82) is 0 Å². The second-order valence-electron chi connectivity index (χ2n) is 8.79. The summed E-state index contributed by atoms with van der Waals surface area (Å²) in [5.41, 5.74) is 5.04. The molecule has 1 heterocycles. The van der Waals surface area contributed by atoms with E-state index in [0.29, 0.717) is 18.8 Å². The number of hydrogen-bond acceptors (Lipinski definition) is 4. The summed E-state index contributed by atoms with van der Waals surface area (Å²) in [4.78, 5) is 14.5. The minimum Gasteiger partial charge on any atom is -0.369 e. The van der Waals surface area contributed by atoms with Crippen molar-refractivity contribution >= 4 is 27.3 Å². The highest BCUT2D eigenvalue weighted by Crippen LogP contribution is 2.27. The maximum absolute atomic E-state index is 14.7. The fraction of sp³-hybridized carbons (Fsp3) is 0.296. The molecule has 0 spiro atoms. The van der Waals surface area contributed by atoms with Gasteiger partial charge in [-0.15, -0.1) is 0 Å². The summed E-state index contributed by atoms with van der Waals surface area (Å²) >= 11 is 0. The molecule has 4 rings (SSSR count). The van der Waals surface area contributed by atoms with Crippen LogP contribution in [0.25, 0.3) is 0 Å². The highest BCUT2D eigenvalue weighted by Gasteiger charge is 2.31. The van der Waals surface area contributed by atoms with Gasteiger partial charge in [0.2, 0.25) is 10.0 Å². The Morgan fingerprint density at radius 1 is 0.971 bits per heavy atom. The van der Waals surface area contributed by atoms with Crippen LogP contribution in [0.4, 0.5) is 15.8 Å². The van der Waals surface area contributed by atoms with Crippen molar-refractivity contribution in [2.45, 2.75) is 32.1 Å². The maximum Gasteiger partial charge on any atom is 0.255 e. The van der Waals surface area contributed by atoms with Crippen LogP contribution in [0.5, 0.6) is 0 Å². The van der Waals surface area contributed by atoms with Crippen molar-refractivity contribution in [2.75, 3.05) is 36.4 Å². The largest absolute Gasteiger partial charge is 0.369 e. The molecular weight excluding hydrogens is 465 g/mol. The highest BCUT2D eigenvalue weighted by molar-refractivity contribution is 7.89. The van der Waals surface area contributed by atoms with E-state index < -0.39 is 26.6 Å². The zero-order chi connectivity index (χ0) is 25.2. The number of rotatable bonds is 6. The lowest BCUT2D eigenvalue weighted by atomic mass is 10.1. The van der Waals surface area contributed by atoms with Crippen molar-refractivity contribution < 1.29 is 17.6 Å². The molecular formula is C27H30FN3O3S. The van der Waals surface area contributed by atoms with Gasteiger partial charge in [-0.05, 0) is 67.3 Å². The summed E-state index contributed by atoms with van der Waals surface area (Å²) in [5, 5.41) is 2.81. The molecule has 3 aromatic carbocycles. The van der Waals surface area contributed by atoms with Crippen LogP contribution in [0.2, 0.25) is 0 Å². The number of nitrogens with one attached hydrogen (secondary N) is 1. The second-order valence-corrected chi connectivity index (χ2v) is 10.7. The lowest BCUT2D eigenvalue weighted by Gasteiger charge is -2.36. The van der Waals surface area contributed by atoms with Gasteiger partial charge >= 0.3 is 0 Å². The quantitative estimate of drug-likeness (QED) is 0.535. The summed E-state index contributed by atoms with van der Waals surface area (Å²) in [6.45, 7) is 7.50. The molecule has 1 aliphatic rings. The third-order valence-corrected chi connectivity index (χ3v) is 8.32. The average Bonchev–Trinajstić information content (AvgIpc) is 2.86. The van der Waals surface area contributed by atoms with E-state index in [9.17, 15) is 17.6 Å². The zero-order valence-electron chi connectivity index (χ0n) is 20.2. The Morgan fingerprint density at radius 3 is 2.40 bits per heavy atom. The molecule has 184 valence electrons. The molecule has 0 atom stereocenters. The first-order chi connectivity index (χ1) is 16.7. The van der Waals surface area contributed by atoms with Gasteiger partial charge in [-0.3, -0.25) is 4.79 Å². The Kier molecular flexibility index (Phi) is 7.23. The van der Waals surface area contributed by atoms with Crippen LogP contribution in [0.3, 0.4) is 0 Å². The molecule has 0 aromatic heterocycles. The van der Waals surface area contributed by atoms with E-state index in [0.717, 1.165) is 40.9 Å². The number of hydrogen-bond donors (Lipinski definition) is 1. The molecule has 1 saturated heterocycles. The van der Waals surface area contributed by atoms with Crippen molar-refractivity contribution in [3.05, 3.63) is 88.7 Å². The first-order valence-corrected chi connectivity index (χ1v) is 13.2. The first kappa shape index (κ1) is 24.9. The van der Waals surface area contributed by atoms with Crippen LogP contribution in [0.15, 0.2) is 65.6 Å². The number of sulfonamides is 1. The number of para-hydroxylation sites is 1. The van der Waals surface area contributed by atoms with Crippen molar-refractivity contribution in [1.82, 2.24) is 4.31 Å². The first-order valence-electron chi connectivity index (χ1n) is 11.7. The van der Waals surface area contributed by atoms with E-state index in [1.807, 2.05) is 45.0 Å². The Morgan fingerprint density at radius 2 is 1.69 bits per heavy atom. The van der Waals surface area contributed by atoms with Crippen molar-refractivity contribution in [3.8, 4) is 0 Å². The Labute approximate surface area is 206 Å². The van der Waals surface area contributed by atoms with Crippen LogP contribution >= 0.6 is 0 Å². The van der Waals surface area contributed by atoms with Gasteiger partial charge in [0.25, 0.3) is 5.91 Å². The molecule has 1 N–H and O–H groups in total. The van der Waals surface area contributed by atoms with Crippen LogP contribution in [0, 0.1) is 19.7 Å². The molecule has 1 aliphatic heterocycles. The number of anilines is 2. The molecule has 35 heavy (non-hydrogen) atoms. The predicted octanol–water partition coefficient (Wildman–Crippen LogP) is 4.77. The van der Waals surface area contributed by atoms with Crippen LogP contribution in [0.1, 0.15) is 34.0 Å². The predicted molar refractivity (Wildman–Crippen MR) is 137 cm³/mol. The van der Waals surface area contributed by atoms with Gasteiger partial charge in [-0.1, -0.05) is 37.3 Å². The Bertz CT molecular complexity index is 1350. The third kappa shape index (κ3) is 5.23. The minimum atomic E-state index is -4.11. The number of carbonyl (C=O) groups is 1. The molecule has 1 amide bonds. The number of nitrogens with zero attached hydrogens (tertiary/aromatic N) is 2. The number of benzene rings is 3. The van der Waals surface area contributed by atoms with Gasteiger partial charge in [0.05, 0.1) is 0 Å². The number of aryl methyl sites for hydroxylation is 3. The average molecular weight is 496 g/mol. The van der Waals surface area contributed by atoms with Gasteiger partial charge in [-0.25, -0.2) is 12.8 Å². The molecule has 0 aliphatic carbocycles. The summed E-state index contributed by atoms with van der Waals surface area (Å²) in [6, 6.07) is 17.1. The molecule has 1 fully saturated rings. The maximum atomic E-state index is 14.7. The minimum absolute atomic E-state index is 0.0879. The topological polar surface area (TPSA) is 69.7 Å².